The third kappa shape index (κ3) is 3.78. The number of halogens is 1. The van der Waals surface area contributed by atoms with E-state index in [9.17, 15) is 9.18 Å². The molecule has 0 saturated carbocycles. The van der Waals surface area contributed by atoms with Gasteiger partial charge >= 0.3 is 0 Å². The van der Waals surface area contributed by atoms with Gasteiger partial charge in [-0.05, 0) is 42.7 Å². The Morgan fingerprint density at radius 3 is 2.47 bits per heavy atom. The van der Waals surface area contributed by atoms with Crippen LogP contribution in [-0.2, 0) is 0 Å². The predicted molar refractivity (Wildman–Crippen MR) is 126 cm³/mol. The summed E-state index contributed by atoms with van der Waals surface area (Å²) in [5.41, 5.74) is 3.10. The molecule has 2 heterocycles. The molecular weight excluding hydrogens is 405 g/mol. The van der Waals surface area contributed by atoms with Crippen LogP contribution in [0.15, 0.2) is 42.6 Å². The molecule has 0 N–H and O–H groups in total. The predicted octanol–water partition coefficient (Wildman–Crippen LogP) is 6.72. The molecule has 0 aliphatic heterocycles. The van der Waals surface area contributed by atoms with Gasteiger partial charge in [-0.15, -0.1) is 0 Å². The maximum absolute atomic E-state index is 14.0. The number of nitrogens with zero attached hydrogens (tertiary/aromatic N) is 3. The highest BCUT2D eigenvalue weighted by Gasteiger charge is 2.26. The molecule has 0 atom stereocenters. The summed E-state index contributed by atoms with van der Waals surface area (Å²) in [6.45, 7) is 12.5. The highest BCUT2D eigenvalue weighted by Crippen LogP contribution is 2.36. The molecule has 0 saturated heterocycles. The molecule has 0 aliphatic carbocycles. The van der Waals surface area contributed by atoms with E-state index in [1.54, 1.807) is 12.3 Å². The lowest BCUT2D eigenvalue weighted by Crippen LogP contribution is -2.27. The van der Waals surface area contributed by atoms with Gasteiger partial charge in [0.15, 0.2) is 0 Å². The van der Waals surface area contributed by atoms with E-state index in [1.165, 1.54) is 16.8 Å². The first-order valence-electron chi connectivity index (χ1n) is 11.1. The number of benzene rings is 2. The summed E-state index contributed by atoms with van der Waals surface area (Å²) in [5, 5.41) is 6.25. The van der Waals surface area contributed by atoms with E-state index in [-0.39, 0.29) is 17.6 Å². The topological polar surface area (TPSA) is 49.0 Å². The van der Waals surface area contributed by atoms with Gasteiger partial charge < -0.3 is 9.30 Å². The van der Waals surface area contributed by atoms with Gasteiger partial charge in [0.25, 0.3) is 5.91 Å². The van der Waals surface area contributed by atoms with Crippen molar-refractivity contribution in [3.8, 4) is 11.4 Å². The molecular formula is C26H30FN3O2. The Hall–Kier alpha value is -3.15. The summed E-state index contributed by atoms with van der Waals surface area (Å²) in [7, 11) is 0. The zero-order chi connectivity index (χ0) is 23.2. The Kier molecular flexibility index (Phi) is 5.57. The molecule has 4 aromatic rings. The molecule has 0 fully saturated rings. The van der Waals surface area contributed by atoms with Gasteiger partial charge in [0, 0.05) is 27.9 Å². The average Bonchev–Trinajstić information content (AvgIpc) is 3.30. The minimum Gasteiger partial charge on any atom is -0.491 e. The maximum Gasteiger partial charge on any atom is 0.252 e. The van der Waals surface area contributed by atoms with Crippen LogP contribution in [0.1, 0.15) is 64.4 Å². The quantitative estimate of drug-likeness (QED) is 0.350. The zero-order valence-corrected chi connectivity index (χ0v) is 19.6. The van der Waals surface area contributed by atoms with Crippen LogP contribution in [0, 0.1) is 11.2 Å². The summed E-state index contributed by atoms with van der Waals surface area (Å²) < 4.78 is 23.6. The number of aromatic nitrogens is 3. The van der Waals surface area contributed by atoms with Crippen molar-refractivity contribution in [1.82, 2.24) is 14.3 Å². The normalized spacial score (nSPS) is 12.2. The average molecular weight is 436 g/mol. The molecule has 168 valence electrons. The fourth-order valence-corrected chi connectivity index (χ4v) is 3.92. The maximum atomic E-state index is 14.0. The molecule has 0 aliphatic rings. The number of carbonyl (C=O) groups excluding carboxylic acids is 1. The zero-order valence-electron chi connectivity index (χ0n) is 19.6. The number of ether oxygens (including phenoxy) is 1. The Balaban J connectivity index is 1.98. The van der Waals surface area contributed by atoms with Gasteiger partial charge in [-0.2, -0.15) is 9.78 Å². The Bertz CT molecular complexity index is 1310. The molecule has 0 spiro atoms. The van der Waals surface area contributed by atoms with Crippen molar-refractivity contribution in [2.24, 2.45) is 5.41 Å². The molecule has 4 rings (SSSR count). The van der Waals surface area contributed by atoms with Gasteiger partial charge in [-0.1, -0.05) is 41.5 Å². The van der Waals surface area contributed by atoms with Crippen LogP contribution >= 0.6 is 0 Å². The third-order valence-electron chi connectivity index (χ3n) is 5.57. The number of rotatable bonds is 5. The van der Waals surface area contributed by atoms with Gasteiger partial charge in [-0.25, -0.2) is 4.39 Å². The minimum atomic E-state index is -0.539. The highest BCUT2D eigenvalue weighted by molar-refractivity contribution is 6.01. The molecule has 0 radical (unpaired) electrons. The Morgan fingerprint density at radius 2 is 1.81 bits per heavy atom. The van der Waals surface area contributed by atoms with Crippen LogP contribution in [-0.4, -0.2) is 26.9 Å². The van der Waals surface area contributed by atoms with Gasteiger partial charge in [0.05, 0.1) is 29.5 Å². The molecule has 6 heteroatoms. The smallest absolute Gasteiger partial charge is 0.252 e. The van der Waals surface area contributed by atoms with Crippen LogP contribution in [0.4, 0.5) is 4.39 Å². The van der Waals surface area contributed by atoms with Crippen LogP contribution < -0.4 is 4.74 Å². The largest absolute Gasteiger partial charge is 0.491 e. The van der Waals surface area contributed by atoms with Crippen LogP contribution in [0.2, 0.25) is 0 Å². The molecule has 2 aromatic carbocycles. The lowest BCUT2D eigenvalue weighted by molar-refractivity contribution is 0.0755. The summed E-state index contributed by atoms with van der Waals surface area (Å²) in [6.07, 6.45) is 2.56. The van der Waals surface area contributed by atoms with E-state index >= 15 is 0 Å². The second-order valence-electron chi connectivity index (χ2n) is 9.60. The number of hydrogen-bond donors (Lipinski definition) is 0. The Morgan fingerprint density at radius 1 is 1.09 bits per heavy atom. The molecule has 0 amide bonds. The second-order valence-corrected chi connectivity index (χ2v) is 9.60. The van der Waals surface area contributed by atoms with Gasteiger partial charge in [-0.3, -0.25) is 4.79 Å². The van der Waals surface area contributed by atoms with E-state index in [4.69, 9.17) is 4.74 Å². The number of carbonyl (C=O) groups is 1. The molecule has 0 bridgehead atoms. The third-order valence-corrected chi connectivity index (χ3v) is 5.57. The summed E-state index contributed by atoms with van der Waals surface area (Å²) in [5.74, 6) is 0.364. The van der Waals surface area contributed by atoms with Crippen LogP contribution in [0.5, 0.6) is 5.75 Å². The minimum absolute atomic E-state index is 0.0517. The summed E-state index contributed by atoms with van der Waals surface area (Å²) >= 11 is 0. The first kappa shape index (κ1) is 22.1. The van der Waals surface area contributed by atoms with Crippen molar-refractivity contribution in [2.45, 2.75) is 53.9 Å². The number of hydrogen-bond acceptors (Lipinski definition) is 3. The standard InChI is InChI=1S/C26H30FN3O2/c1-7-10-32-24-14-19(27)8-9-20(24)29-21(16(2)3)11-17-12-23-18(13-22(17)29)15-28-30(23)25(31)26(4,5)6/h8-9,11-16H,7,10H2,1-6H3. The lowest BCUT2D eigenvalue weighted by atomic mass is 9.96. The van der Waals surface area contributed by atoms with Crippen molar-refractivity contribution in [2.75, 3.05) is 6.61 Å². The number of fused-ring (bicyclic) bond motifs is 2. The van der Waals surface area contributed by atoms with E-state index in [0.717, 1.165) is 39.6 Å². The van der Waals surface area contributed by atoms with Crippen molar-refractivity contribution in [3.63, 3.8) is 0 Å². The first-order chi connectivity index (χ1) is 15.1. The fraction of sp³-hybridized carbons (Fsp3) is 0.385. The first-order valence-corrected chi connectivity index (χ1v) is 11.1. The SMILES string of the molecule is CCCOc1cc(F)ccc1-n1c(C(C)C)cc2cc3c(cnn3C(=O)C(C)(C)C)cc21. The van der Waals surface area contributed by atoms with Crippen molar-refractivity contribution < 1.29 is 13.9 Å². The molecule has 0 unspecified atom stereocenters. The second kappa shape index (κ2) is 8.08. The molecule has 5 nitrogen and oxygen atoms in total. The summed E-state index contributed by atoms with van der Waals surface area (Å²) in [6, 6.07) is 10.9. The molecule has 32 heavy (non-hydrogen) atoms. The van der Waals surface area contributed by atoms with E-state index in [0.29, 0.717) is 12.4 Å². The van der Waals surface area contributed by atoms with Gasteiger partial charge in [0.1, 0.15) is 11.6 Å². The van der Waals surface area contributed by atoms with Crippen molar-refractivity contribution in [1.29, 1.82) is 0 Å². The summed E-state index contributed by atoms with van der Waals surface area (Å²) in [4.78, 5) is 12.9. The van der Waals surface area contributed by atoms with E-state index in [1.807, 2.05) is 39.8 Å². The monoisotopic (exact) mass is 435 g/mol. The van der Waals surface area contributed by atoms with Gasteiger partial charge in [0.2, 0.25) is 0 Å². The highest BCUT2D eigenvalue weighted by atomic mass is 19.1. The lowest BCUT2D eigenvalue weighted by Gasteiger charge is -2.18. The molecule has 2 aromatic heterocycles. The van der Waals surface area contributed by atoms with E-state index < -0.39 is 5.41 Å². The van der Waals surface area contributed by atoms with Crippen LogP contribution in [0.25, 0.3) is 27.5 Å². The van der Waals surface area contributed by atoms with Crippen molar-refractivity contribution >= 4 is 27.7 Å². The Labute approximate surface area is 187 Å². The van der Waals surface area contributed by atoms with Crippen LogP contribution in [0.3, 0.4) is 0 Å². The van der Waals surface area contributed by atoms with Crippen molar-refractivity contribution in [3.05, 3.63) is 54.1 Å². The van der Waals surface area contributed by atoms with E-state index in [2.05, 4.69) is 29.6 Å². The fourth-order valence-electron chi connectivity index (χ4n) is 3.92.